The fourth-order valence-corrected chi connectivity index (χ4v) is 2.50. The Labute approximate surface area is 149 Å². The number of nitrogens with two attached hydrogens (primary N) is 1. The van der Waals surface area contributed by atoms with Gasteiger partial charge in [0.2, 0.25) is 6.29 Å². The highest BCUT2D eigenvalue weighted by atomic mass is 16.7. The number of benzene rings is 1. The van der Waals surface area contributed by atoms with Crippen LogP contribution in [-0.4, -0.2) is 87.9 Å². The van der Waals surface area contributed by atoms with E-state index in [9.17, 15) is 20.1 Å². The minimum absolute atomic E-state index is 0.0837. The van der Waals surface area contributed by atoms with Crippen LogP contribution in [0.4, 0.5) is 0 Å². The summed E-state index contributed by atoms with van der Waals surface area (Å²) < 4.78 is 11.0. The quantitative estimate of drug-likeness (QED) is 0.262. The fourth-order valence-electron chi connectivity index (χ4n) is 2.50. The molecule has 0 unspecified atom stereocenters. The number of amides is 1. The molecule has 10 nitrogen and oxygen atoms in total. The summed E-state index contributed by atoms with van der Waals surface area (Å²) in [6.07, 6.45) is -5.07. The van der Waals surface area contributed by atoms with E-state index in [1.54, 1.807) is 12.1 Å². The minimum atomic E-state index is -1.39. The molecule has 1 amide bonds. The number of rotatable bonds is 7. The van der Waals surface area contributed by atoms with E-state index in [2.05, 4.69) is 5.32 Å². The largest absolute Gasteiger partial charge is 0.462 e. The van der Waals surface area contributed by atoms with E-state index < -0.39 is 62.4 Å². The van der Waals surface area contributed by atoms with Crippen molar-refractivity contribution in [3.05, 3.63) is 29.8 Å². The first-order valence-electron chi connectivity index (χ1n) is 8.09. The molecule has 146 valence electrons. The van der Waals surface area contributed by atoms with Crippen LogP contribution in [0.25, 0.3) is 0 Å². The van der Waals surface area contributed by atoms with Gasteiger partial charge < -0.3 is 46.1 Å². The Morgan fingerprint density at radius 1 is 1.19 bits per heavy atom. The SMILES string of the molecule is N[C@H]1[C@H](Oc2ccccc2C(=O)NC(CO)CO)O[C@H](CO)[C@@H](O)[C@@H]1O. The lowest BCUT2D eigenvalue weighted by Crippen LogP contribution is -2.63. The van der Waals surface area contributed by atoms with Crippen LogP contribution >= 0.6 is 0 Å². The molecule has 1 aliphatic heterocycles. The second-order valence-corrected chi connectivity index (χ2v) is 5.93. The Hall–Kier alpha value is -1.79. The summed E-state index contributed by atoms with van der Waals surface area (Å²) in [6, 6.07) is 4.17. The van der Waals surface area contributed by atoms with Crippen molar-refractivity contribution in [1.82, 2.24) is 5.32 Å². The Bertz CT molecular complexity index is 595. The van der Waals surface area contributed by atoms with Crippen LogP contribution in [0.15, 0.2) is 24.3 Å². The number of aliphatic hydroxyl groups excluding tert-OH is 5. The molecule has 10 heteroatoms. The molecule has 1 aliphatic rings. The summed E-state index contributed by atoms with van der Waals surface area (Å²) >= 11 is 0. The number of nitrogens with one attached hydrogen (secondary N) is 1. The lowest BCUT2D eigenvalue weighted by Gasteiger charge is -2.40. The standard InChI is InChI=1S/C16H24N2O8/c17-12-14(23)13(22)11(7-21)26-16(12)25-10-4-2-1-3-9(10)15(24)18-8(5-19)6-20/h1-4,8,11-14,16,19-23H,5-7,17H2,(H,18,24)/t11-,12-,13-,14-,16-/m1/s1. The van der Waals surface area contributed by atoms with Gasteiger partial charge in [0, 0.05) is 0 Å². The fraction of sp³-hybridized carbons (Fsp3) is 0.562. The van der Waals surface area contributed by atoms with Gasteiger partial charge in [0.25, 0.3) is 5.91 Å². The highest BCUT2D eigenvalue weighted by molar-refractivity contribution is 5.97. The summed E-state index contributed by atoms with van der Waals surface area (Å²) in [5.41, 5.74) is 5.91. The van der Waals surface area contributed by atoms with E-state index in [1.807, 2.05) is 0 Å². The van der Waals surface area contributed by atoms with Crippen molar-refractivity contribution in [1.29, 1.82) is 0 Å². The Kier molecular flexibility index (Phi) is 7.29. The molecule has 5 atom stereocenters. The molecule has 1 heterocycles. The number of ether oxygens (including phenoxy) is 2. The summed E-state index contributed by atoms with van der Waals surface area (Å²) in [5.74, 6) is -0.516. The Balaban J connectivity index is 2.18. The van der Waals surface area contributed by atoms with Crippen LogP contribution in [-0.2, 0) is 4.74 Å². The molecule has 0 aromatic heterocycles. The highest BCUT2D eigenvalue weighted by Crippen LogP contribution is 2.25. The van der Waals surface area contributed by atoms with Crippen LogP contribution in [0.5, 0.6) is 5.75 Å². The molecule has 1 saturated heterocycles. The van der Waals surface area contributed by atoms with Gasteiger partial charge >= 0.3 is 0 Å². The maximum Gasteiger partial charge on any atom is 0.255 e. The third kappa shape index (κ3) is 4.48. The number of hydrogen-bond acceptors (Lipinski definition) is 9. The average Bonchev–Trinajstić information content (AvgIpc) is 2.66. The molecule has 1 aromatic carbocycles. The van der Waals surface area contributed by atoms with Gasteiger partial charge in [0.05, 0.1) is 37.5 Å². The lowest BCUT2D eigenvalue weighted by molar-refractivity contribution is -0.239. The van der Waals surface area contributed by atoms with E-state index in [4.69, 9.17) is 25.4 Å². The summed E-state index contributed by atoms with van der Waals surface area (Å²) in [6.45, 7) is -1.43. The summed E-state index contributed by atoms with van der Waals surface area (Å²) in [4.78, 5) is 12.3. The van der Waals surface area contributed by atoms with Crippen LogP contribution in [0.1, 0.15) is 10.4 Å². The van der Waals surface area contributed by atoms with Crippen LogP contribution in [0, 0.1) is 0 Å². The van der Waals surface area contributed by atoms with E-state index in [0.717, 1.165) is 0 Å². The molecule has 0 saturated carbocycles. The molecule has 8 N–H and O–H groups in total. The van der Waals surface area contributed by atoms with Gasteiger partial charge in [-0.25, -0.2) is 0 Å². The van der Waals surface area contributed by atoms with Gasteiger partial charge in [-0.1, -0.05) is 12.1 Å². The minimum Gasteiger partial charge on any atom is -0.462 e. The average molecular weight is 372 g/mol. The molecule has 2 rings (SSSR count). The van der Waals surface area contributed by atoms with Crippen molar-refractivity contribution < 1.29 is 39.8 Å². The molecular formula is C16H24N2O8. The third-order valence-corrected chi connectivity index (χ3v) is 4.08. The predicted molar refractivity (Wildman–Crippen MR) is 88.2 cm³/mol. The smallest absolute Gasteiger partial charge is 0.255 e. The number of para-hydroxylation sites is 1. The molecule has 0 spiro atoms. The molecular weight excluding hydrogens is 348 g/mol. The van der Waals surface area contributed by atoms with Gasteiger partial charge in [0.15, 0.2) is 0 Å². The van der Waals surface area contributed by atoms with Gasteiger partial charge in [0.1, 0.15) is 24.1 Å². The maximum atomic E-state index is 12.3. The van der Waals surface area contributed by atoms with Crippen LogP contribution in [0.2, 0.25) is 0 Å². The van der Waals surface area contributed by atoms with Gasteiger partial charge in [-0.2, -0.15) is 0 Å². The highest BCUT2D eigenvalue weighted by Gasteiger charge is 2.43. The summed E-state index contributed by atoms with van der Waals surface area (Å²) in [7, 11) is 0. The normalized spacial score (nSPS) is 28.8. The monoisotopic (exact) mass is 372 g/mol. The van der Waals surface area contributed by atoms with E-state index in [-0.39, 0.29) is 11.3 Å². The zero-order chi connectivity index (χ0) is 19.3. The maximum absolute atomic E-state index is 12.3. The first kappa shape index (κ1) is 20.5. The molecule has 1 aromatic rings. The van der Waals surface area contributed by atoms with Crippen molar-refractivity contribution in [3.63, 3.8) is 0 Å². The number of carbonyl (C=O) groups is 1. The van der Waals surface area contributed by atoms with Crippen molar-refractivity contribution in [2.45, 2.75) is 36.7 Å². The second kappa shape index (κ2) is 9.24. The zero-order valence-corrected chi connectivity index (χ0v) is 13.9. The van der Waals surface area contributed by atoms with Crippen LogP contribution < -0.4 is 15.8 Å². The lowest BCUT2D eigenvalue weighted by atomic mass is 9.98. The van der Waals surface area contributed by atoms with Gasteiger partial charge in [-0.05, 0) is 12.1 Å². The zero-order valence-electron chi connectivity index (χ0n) is 13.9. The van der Waals surface area contributed by atoms with Crippen molar-refractivity contribution in [3.8, 4) is 5.75 Å². The topological polar surface area (TPSA) is 175 Å². The van der Waals surface area contributed by atoms with E-state index in [0.29, 0.717) is 0 Å². The molecule has 0 radical (unpaired) electrons. The van der Waals surface area contributed by atoms with Gasteiger partial charge in [-0.15, -0.1) is 0 Å². The molecule has 26 heavy (non-hydrogen) atoms. The third-order valence-electron chi connectivity index (χ3n) is 4.08. The molecule has 0 aliphatic carbocycles. The molecule has 1 fully saturated rings. The molecule has 0 bridgehead atoms. The van der Waals surface area contributed by atoms with Crippen molar-refractivity contribution >= 4 is 5.91 Å². The van der Waals surface area contributed by atoms with Crippen molar-refractivity contribution in [2.75, 3.05) is 19.8 Å². The first-order valence-corrected chi connectivity index (χ1v) is 8.09. The van der Waals surface area contributed by atoms with Crippen molar-refractivity contribution in [2.24, 2.45) is 5.73 Å². The van der Waals surface area contributed by atoms with E-state index >= 15 is 0 Å². The first-order chi connectivity index (χ1) is 12.4. The van der Waals surface area contributed by atoms with E-state index in [1.165, 1.54) is 12.1 Å². The number of hydrogen-bond donors (Lipinski definition) is 7. The van der Waals surface area contributed by atoms with Gasteiger partial charge in [-0.3, -0.25) is 4.79 Å². The number of carbonyl (C=O) groups excluding carboxylic acids is 1. The summed E-state index contributed by atoms with van der Waals surface area (Å²) in [5, 5.41) is 49.6. The Morgan fingerprint density at radius 2 is 1.85 bits per heavy atom. The van der Waals surface area contributed by atoms with Crippen LogP contribution in [0.3, 0.4) is 0 Å². The number of aliphatic hydroxyl groups is 5. The Morgan fingerprint density at radius 3 is 2.46 bits per heavy atom. The second-order valence-electron chi connectivity index (χ2n) is 5.93. The predicted octanol–water partition coefficient (Wildman–Crippen LogP) is -3.09.